The largest absolute Gasteiger partial charge is 0.330 e. The smallest absolute Gasteiger partial charge is 0.303 e. The first-order valence-electron chi connectivity index (χ1n) is 5.95. The van der Waals surface area contributed by atoms with Gasteiger partial charge in [-0.15, -0.1) is 11.3 Å². The van der Waals surface area contributed by atoms with Crippen LogP contribution in [0.15, 0.2) is 34.0 Å². The van der Waals surface area contributed by atoms with E-state index in [1.54, 1.807) is 13.1 Å². The molecule has 0 aliphatic heterocycles. The van der Waals surface area contributed by atoms with E-state index in [0.29, 0.717) is 10.4 Å². The molecule has 0 aliphatic rings. The molecule has 2 rings (SSSR count). The lowest BCUT2D eigenvalue weighted by Gasteiger charge is -2.02. The Morgan fingerprint density at radius 1 is 1.25 bits per heavy atom. The van der Waals surface area contributed by atoms with Crippen molar-refractivity contribution in [3.05, 3.63) is 60.6 Å². The van der Waals surface area contributed by atoms with E-state index in [9.17, 15) is 14.4 Å². The number of aromatic nitrogens is 2. The number of nitrogens with zero attached hydrogens (tertiary/aromatic N) is 2. The van der Waals surface area contributed by atoms with Crippen LogP contribution in [0.2, 0.25) is 0 Å². The van der Waals surface area contributed by atoms with Gasteiger partial charge in [-0.05, 0) is 31.2 Å². The van der Waals surface area contributed by atoms with Gasteiger partial charge in [0.25, 0.3) is 5.56 Å². The molecule has 2 heterocycles. The molecule has 0 aromatic carbocycles. The zero-order valence-electron chi connectivity index (χ0n) is 11.4. The first-order valence-corrected chi connectivity index (χ1v) is 6.77. The van der Waals surface area contributed by atoms with Crippen LogP contribution in [-0.2, 0) is 14.1 Å². The fourth-order valence-electron chi connectivity index (χ4n) is 1.77. The standard InChI is InChI=1S/C14H14N2O3S/c1-9-4-7-12(20-9)11(17)6-5-10-8-15(2)14(19)16(3)13(10)18/h4-8H,1-3H3/b6-5+. The van der Waals surface area contributed by atoms with E-state index in [2.05, 4.69) is 0 Å². The number of ketones is 1. The minimum absolute atomic E-state index is 0.154. The van der Waals surface area contributed by atoms with Gasteiger partial charge in [-0.25, -0.2) is 4.79 Å². The third kappa shape index (κ3) is 2.70. The summed E-state index contributed by atoms with van der Waals surface area (Å²) in [5.41, 5.74) is -0.511. The Kier molecular flexibility index (Phi) is 3.85. The SMILES string of the molecule is Cc1ccc(C(=O)/C=C/c2cn(C)c(=O)n(C)c2=O)s1. The molecule has 6 heteroatoms. The maximum atomic E-state index is 11.9. The summed E-state index contributed by atoms with van der Waals surface area (Å²) in [6, 6.07) is 3.63. The van der Waals surface area contributed by atoms with Crippen LogP contribution < -0.4 is 11.2 Å². The molecule has 0 atom stereocenters. The summed E-state index contributed by atoms with van der Waals surface area (Å²) < 4.78 is 2.32. The van der Waals surface area contributed by atoms with E-state index < -0.39 is 11.2 Å². The molecule has 20 heavy (non-hydrogen) atoms. The maximum absolute atomic E-state index is 11.9. The molecule has 0 bridgehead atoms. The monoisotopic (exact) mass is 290 g/mol. The van der Waals surface area contributed by atoms with Crippen LogP contribution in [0.25, 0.3) is 6.08 Å². The fraction of sp³-hybridized carbons (Fsp3) is 0.214. The summed E-state index contributed by atoms with van der Waals surface area (Å²) in [5.74, 6) is -0.154. The number of carbonyl (C=O) groups is 1. The first-order chi connectivity index (χ1) is 9.40. The second-order valence-electron chi connectivity index (χ2n) is 4.45. The molecule has 0 unspecified atom stereocenters. The second-order valence-corrected chi connectivity index (χ2v) is 5.74. The number of rotatable bonds is 3. The van der Waals surface area contributed by atoms with E-state index >= 15 is 0 Å². The molecule has 0 spiro atoms. The van der Waals surface area contributed by atoms with Crippen molar-refractivity contribution < 1.29 is 4.79 Å². The van der Waals surface area contributed by atoms with Gasteiger partial charge >= 0.3 is 5.69 Å². The molecule has 0 fully saturated rings. The van der Waals surface area contributed by atoms with Crippen molar-refractivity contribution in [3.63, 3.8) is 0 Å². The number of aryl methyl sites for hydroxylation is 2. The van der Waals surface area contributed by atoms with Gasteiger partial charge in [-0.3, -0.25) is 14.2 Å². The quantitative estimate of drug-likeness (QED) is 0.633. The highest BCUT2D eigenvalue weighted by Gasteiger charge is 2.07. The number of hydrogen-bond acceptors (Lipinski definition) is 4. The van der Waals surface area contributed by atoms with Gasteiger partial charge in [-0.2, -0.15) is 0 Å². The average molecular weight is 290 g/mol. The third-order valence-corrected chi connectivity index (χ3v) is 3.89. The lowest BCUT2D eigenvalue weighted by Crippen LogP contribution is -2.37. The van der Waals surface area contributed by atoms with E-state index in [4.69, 9.17) is 0 Å². The molecule has 104 valence electrons. The summed E-state index contributed by atoms with van der Waals surface area (Å²) in [6.07, 6.45) is 4.22. The van der Waals surface area contributed by atoms with Gasteiger partial charge in [0.2, 0.25) is 0 Å². The Hall–Kier alpha value is -2.21. The van der Waals surface area contributed by atoms with Crippen LogP contribution in [0, 0.1) is 6.92 Å². The Morgan fingerprint density at radius 2 is 1.95 bits per heavy atom. The molecule has 0 saturated heterocycles. The molecule has 2 aromatic heterocycles. The molecular formula is C14H14N2O3S. The Balaban J connectivity index is 2.35. The minimum Gasteiger partial charge on any atom is -0.303 e. The predicted molar refractivity (Wildman–Crippen MR) is 79.3 cm³/mol. The Labute approximate surface area is 119 Å². The predicted octanol–water partition coefficient (Wildman–Crippen LogP) is 1.35. The van der Waals surface area contributed by atoms with Crippen LogP contribution in [0.5, 0.6) is 0 Å². The zero-order chi connectivity index (χ0) is 14.9. The molecule has 0 amide bonds. The molecule has 0 N–H and O–H groups in total. The van der Waals surface area contributed by atoms with Gasteiger partial charge in [0.05, 0.1) is 10.4 Å². The van der Waals surface area contributed by atoms with Crippen LogP contribution in [0.1, 0.15) is 20.1 Å². The van der Waals surface area contributed by atoms with Gasteiger partial charge in [0.1, 0.15) is 0 Å². The van der Waals surface area contributed by atoms with Crippen molar-refractivity contribution in [1.82, 2.24) is 9.13 Å². The lowest BCUT2D eigenvalue weighted by molar-refractivity contribution is 0.105. The van der Waals surface area contributed by atoms with E-state index in [0.717, 1.165) is 9.44 Å². The van der Waals surface area contributed by atoms with Crippen LogP contribution in [0.4, 0.5) is 0 Å². The van der Waals surface area contributed by atoms with Crippen molar-refractivity contribution in [1.29, 1.82) is 0 Å². The van der Waals surface area contributed by atoms with Crippen molar-refractivity contribution in [2.45, 2.75) is 6.92 Å². The summed E-state index contributed by atoms with van der Waals surface area (Å²) in [4.78, 5) is 37.0. The maximum Gasteiger partial charge on any atom is 0.330 e. The Bertz CT molecular complexity index is 809. The molecule has 5 nitrogen and oxygen atoms in total. The molecular weight excluding hydrogens is 276 g/mol. The highest BCUT2D eigenvalue weighted by molar-refractivity contribution is 7.14. The number of thiophene rings is 1. The second kappa shape index (κ2) is 5.42. The van der Waals surface area contributed by atoms with Crippen LogP contribution in [-0.4, -0.2) is 14.9 Å². The van der Waals surface area contributed by atoms with Crippen molar-refractivity contribution in [3.8, 4) is 0 Å². The van der Waals surface area contributed by atoms with E-state index in [1.165, 1.54) is 41.3 Å². The van der Waals surface area contributed by atoms with Crippen molar-refractivity contribution in [2.75, 3.05) is 0 Å². The lowest BCUT2D eigenvalue weighted by atomic mass is 10.2. The topological polar surface area (TPSA) is 61.1 Å². The minimum atomic E-state index is -0.417. The molecule has 0 saturated carbocycles. The van der Waals surface area contributed by atoms with Gasteiger partial charge in [0, 0.05) is 25.2 Å². The van der Waals surface area contributed by atoms with Crippen LogP contribution >= 0.6 is 11.3 Å². The highest BCUT2D eigenvalue weighted by Crippen LogP contribution is 2.16. The fourth-order valence-corrected chi connectivity index (χ4v) is 2.55. The van der Waals surface area contributed by atoms with Crippen molar-refractivity contribution >= 4 is 23.2 Å². The number of hydrogen-bond donors (Lipinski definition) is 0. The normalized spacial score (nSPS) is 11.2. The number of allylic oxidation sites excluding steroid dienone is 1. The average Bonchev–Trinajstić information content (AvgIpc) is 2.85. The van der Waals surface area contributed by atoms with Crippen LogP contribution in [0.3, 0.4) is 0 Å². The number of carbonyl (C=O) groups excluding carboxylic acids is 1. The van der Waals surface area contributed by atoms with Gasteiger partial charge < -0.3 is 4.57 Å². The summed E-state index contributed by atoms with van der Waals surface area (Å²) in [6.45, 7) is 1.92. The van der Waals surface area contributed by atoms with E-state index in [1.807, 2.05) is 13.0 Å². The van der Waals surface area contributed by atoms with Gasteiger partial charge in [-0.1, -0.05) is 0 Å². The van der Waals surface area contributed by atoms with Gasteiger partial charge in [0.15, 0.2) is 5.78 Å². The molecule has 2 aromatic rings. The van der Waals surface area contributed by atoms with Crippen molar-refractivity contribution in [2.24, 2.45) is 14.1 Å². The molecule has 0 radical (unpaired) electrons. The van der Waals surface area contributed by atoms with E-state index in [-0.39, 0.29) is 5.78 Å². The summed E-state index contributed by atoms with van der Waals surface area (Å²) in [7, 11) is 2.97. The summed E-state index contributed by atoms with van der Waals surface area (Å²) >= 11 is 1.40. The first kappa shape index (κ1) is 14.2. The molecule has 0 aliphatic carbocycles. The zero-order valence-corrected chi connectivity index (χ0v) is 12.2. The summed E-state index contributed by atoms with van der Waals surface area (Å²) in [5, 5.41) is 0. The highest BCUT2D eigenvalue weighted by atomic mass is 32.1. The third-order valence-electron chi connectivity index (χ3n) is 2.87. The Morgan fingerprint density at radius 3 is 2.55 bits per heavy atom.